The van der Waals surface area contributed by atoms with Crippen molar-refractivity contribution >= 4 is 21.6 Å². The monoisotopic (exact) mass is 336 g/mol. The van der Waals surface area contributed by atoms with Crippen LogP contribution < -0.4 is 10.5 Å². The summed E-state index contributed by atoms with van der Waals surface area (Å²) in [4.78, 5) is -0.190. The van der Waals surface area contributed by atoms with Crippen LogP contribution in [0.4, 0.5) is 4.39 Å². The predicted molar refractivity (Wildman–Crippen MR) is 78.1 cm³/mol. The molecule has 0 amide bonds. The summed E-state index contributed by atoms with van der Waals surface area (Å²) in [5.41, 5.74) is 4.98. The molecule has 2 unspecified atom stereocenters. The number of nitrogens with two attached hydrogens (primary N) is 1. The summed E-state index contributed by atoms with van der Waals surface area (Å²) in [6.45, 7) is 3.99. The molecule has 1 aromatic rings. The van der Waals surface area contributed by atoms with Gasteiger partial charge in [0, 0.05) is 13.2 Å². The number of rotatable bonds is 4. The molecule has 1 aliphatic heterocycles. The Morgan fingerprint density at radius 1 is 1.57 bits per heavy atom. The Labute approximate surface area is 128 Å². The van der Waals surface area contributed by atoms with Gasteiger partial charge in [0.15, 0.2) is 0 Å². The van der Waals surface area contributed by atoms with Gasteiger partial charge in [0.25, 0.3) is 0 Å². The number of halogens is 2. The fourth-order valence-electron chi connectivity index (χ4n) is 2.26. The lowest BCUT2D eigenvalue weighted by molar-refractivity contribution is 0.0957. The summed E-state index contributed by atoms with van der Waals surface area (Å²) in [7, 11) is -3.89. The van der Waals surface area contributed by atoms with E-state index in [4.69, 9.17) is 22.1 Å². The van der Waals surface area contributed by atoms with E-state index in [1.54, 1.807) is 13.8 Å². The van der Waals surface area contributed by atoms with E-state index in [2.05, 4.69) is 4.72 Å². The largest absolute Gasteiger partial charge is 0.376 e. The van der Waals surface area contributed by atoms with E-state index in [-0.39, 0.29) is 28.1 Å². The van der Waals surface area contributed by atoms with Gasteiger partial charge in [0.05, 0.1) is 21.6 Å². The van der Waals surface area contributed by atoms with Gasteiger partial charge in [-0.05, 0) is 38.0 Å². The Morgan fingerprint density at radius 2 is 2.24 bits per heavy atom. The molecule has 5 nitrogen and oxygen atoms in total. The van der Waals surface area contributed by atoms with Gasteiger partial charge in [-0.25, -0.2) is 17.5 Å². The standard InChI is InChI=1S/C13H18ClFN2O3S/c1-8-13(2,3-4-20-8)17-21(18,19)10-5-9(7-16)12(14)11(15)6-10/h5-6,8,17H,3-4,7,16H2,1-2H3. The van der Waals surface area contributed by atoms with E-state index < -0.39 is 21.4 Å². The molecule has 0 saturated carbocycles. The zero-order chi connectivity index (χ0) is 15.8. The van der Waals surface area contributed by atoms with Crippen LogP contribution in [0.2, 0.25) is 5.02 Å². The molecule has 2 atom stereocenters. The second kappa shape index (κ2) is 5.81. The summed E-state index contributed by atoms with van der Waals surface area (Å²) in [5.74, 6) is -0.805. The van der Waals surface area contributed by atoms with Crippen LogP contribution >= 0.6 is 11.6 Å². The van der Waals surface area contributed by atoms with Crippen LogP contribution in [-0.2, 0) is 21.3 Å². The van der Waals surface area contributed by atoms with Gasteiger partial charge in [-0.15, -0.1) is 0 Å². The predicted octanol–water partition coefficient (Wildman–Crippen LogP) is 1.78. The van der Waals surface area contributed by atoms with Crippen LogP contribution in [0.25, 0.3) is 0 Å². The van der Waals surface area contributed by atoms with Crippen LogP contribution in [0, 0.1) is 5.82 Å². The van der Waals surface area contributed by atoms with Gasteiger partial charge in [-0.2, -0.15) is 0 Å². The minimum Gasteiger partial charge on any atom is -0.376 e. The number of sulfonamides is 1. The second-order valence-electron chi connectivity index (χ2n) is 5.37. The summed E-state index contributed by atoms with van der Waals surface area (Å²) in [6, 6.07) is 2.19. The van der Waals surface area contributed by atoms with Gasteiger partial charge in [-0.1, -0.05) is 11.6 Å². The van der Waals surface area contributed by atoms with Crippen LogP contribution in [0.3, 0.4) is 0 Å². The van der Waals surface area contributed by atoms with Crippen LogP contribution in [-0.4, -0.2) is 26.7 Å². The highest BCUT2D eigenvalue weighted by atomic mass is 35.5. The molecule has 1 saturated heterocycles. The summed E-state index contributed by atoms with van der Waals surface area (Å²) in [6.07, 6.45) is 0.283. The fourth-order valence-corrected chi connectivity index (χ4v) is 4.00. The first-order valence-corrected chi connectivity index (χ1v) is 8.39. The minimum absolute atomic E-state index is 0.0457. The number of ether oxygens (including phenoxy) is 1. The average molecular weight is 337 g/mol. The topological polar surface area (TPSA) is 81.4 Å². The molecule has 8 heteroatoms. The Balaban J connectivity index is 2.38. The minimum atomic E-state index is -3.89. The highest BCUT2D eigenvalue weighted by molar-refractivity contribution is 7.89. The molecule has 0 spiro atoms. The zero-order valence-electron chi connectivity index (χ0n) is 11.8. The van der Waals surface area contributed by atoms with Gasteiger partial charge < -0.3 is 10.5 Å². The lowest BCUT2D eigenvalue weighted by atomic mass is 9.97. The molecule has 1 heterocycles. The molecular weight excluding hydrogens is 319 g/mol. The molecule has 3 N–H and O–H groups in total. The van der Waals surface area contributed by atoms with Crippen molar-refractivity contribution in [1.82, 2.24) is 4.72 Å². The van der Waals surface area contributed by atoms with E-state index in [0.29, 0.717) is 13.0 Å². The lowest BCUT2D eigenvalue weighted by Gasteiger charge is -2.28. The third kappa shape index (κ3) is 3.22. The molecule has 21 heavy (non-hydrogen) atoms. The summed E-state index contributed by atoms with van der Waals surface area (Å²) >= 11 is 5.75. The maximum absolute atomic E-state index is 13.7. The Kier molecular flexibility index (Phi) is 4.60. The molecule has 0 bridgehead atoms. The fraction of sp³-hybridized carbons (Fsp3) is 0.538. The quantitative estimate of drug-likeness (QED) is 0.878. The molecular formula is C13H18ClFN2O3S. The maximum atomic E-state index is 13.7. The summed E-state index contributed by atoms with van der Waals surface area (Å²) < 4.78 is 46.6. The van der Waals surface area contributed by atoms with E-state index in [9.17, 15) is 12.8 Å². The van der Waals surface area contributed by atoms with Crippen LogP contribution in [0.15, 0.2) is 17.0 Å². The Hall–Kier alpha value is -0.730. The smallest absolute Gasteiger partial charge is 0.241 e. The van der Waals surface area contributed by atoms with Crippen molar-refractivity contribution in [3.8, 4) is 0 Å². The van der Waals surface area contributed by atoms with Crippen molar-refractivity contribution in [2.45, 2.75) is 43.4 Å². The van der Waals surface area contributed by atoms with Crippen molar-refractivity contribution in [2.75, 3.05) is 6.61 Å². The van der Waals surface area contributed by atoms with Gasteiger partial charge in [-0.3, -0.25) is 0 Å². The molecule has 2 rings (SSSR count). The maximum Gasteiger partial charge on any atom is 0.241 e. The van der Waals surface area contributed by atoms with Crippen LogP contribution in [0.1, 0.15) is 25.8 Å². The highest BCUT2D eigenvalue weighted by Crippen LogP contribution is 2.29. The van der Waals surface area contributed by atoms with E-state index in [0.717, 1.165) is 6.07 Å². The third-order valence-electron chi connectivity index (χ3n) is 3.86. The molecule has 0 aromatic heterocycles. The molecule has 1 aliphatic rings. The molecule has 1 fully saturated rings. The highest BCUT2D eigenvalue weighted by Gasteiger charge is 2.40. The van der Waals surface area contributed by atoms with E-state index in [1.165, 1.54) is 6.07 Å². The lowest BCUT2D eigenvalue weighted by Crippen LogP contribution is -2.50. The van der Waals surface area contributed by atoms with Crippen LogP contribution in [0.5, 0.6) is 0 Å². The molecule has 0 radical (unpaired) electrons. The average Bonchev–Trinajstić information content (AvgIpc) is 2.71. The first-order valence-electron chi connectivity index (χ1n) is 6.53. The normalized spacial score (nSPS) is 26.2. The first-order chi connectivity index (χ1) is 9.69. The second-order valence-corrected chi connectivity index (χ2v) is 7.43. The number of hydrogen-bond donors (Lipinski definition) is 2. The van der Waals surface area contributed by atoms with Gasteiger partial charge in [0.1, 0.15) is 5.82 Å². The van der Waals surface area contributed by atoms with Gasteiger partial charge >= 0.3 is 0 Å². The third-order valence-corrected chi connectivity index (χ3v) is 5.88. The van der Waals surface area contributed by atoms with Crippen molar-refractivity contribution in [3.63, 3.8) is 0 Å². The van der Waals surface area contributed by atoms with Gasteiger partial charge in [0.2, 0.25) is 10.0 Å². The zero-order valence-corrected chi connectivity index (χ0v) is 13.4. The van der Waals surface area contributed by atoms with Crippen molar-refractivity contribution in [1.29, 1.82) is 0 Å². The SMILES string of the molecule is CC1OCCC1(C)NS(=O)(=O)c1cc(F)c(Cl)c(CN)c1. The Bertz CT molecular complexity index is 653. The number of nitrogens with one attached hydrogen (secondary N) is 1. The number of benzene rings is 1. The van der Waals surface area contributed by atoms with E-state index in [1.807, 2.05) is 0 Å². The van der Waals surface area contributed by atoms with E-state index >= 15 is 0 Å². The number of hydrogen-bond acceptors (Lipinski definition) is 4. The van der Waals surface area contributed by atoms with Crippen molar-refractivity contribution in [2.24, 2.45) is 5.73 Å². The van der Waals surface area contributed by atoms with Crippen molar-refractivity contribution < 1.29 is 17.5 Å². The summed E-state index contributed by atoms with van der Waals surface area (Å²) in [5, 5.41) is -0.153. The Morgan fingerprint density at radius 3 is 2.76 bits per heavy atom. The molecule has 118 valence electrons. The molecule has 0 aliphatic carbocycles. The van der Waals surface area contributed by atoms with Crippen molar-refractivity contribution in [3.05, 3.63) is 28.5 Å². The molecule has 1 aromatic carbocycles. The first kappa shape index (κ1) is 16.6.